The highest BCUT2D eigenvalue weighted by molar-refractivity contribution is 7.99. The molecule has 0 aliphatic carbocycles. The molecule has 0 saturated heterocycles. The lowest BCUT2D eigenvalue weighted by molar-refractivity contribution is -0.384. The summed E-state index contributed by atoms with van der Waals surface area (Å²) in [5.41, 5.74) is 0.769. The molecule has 0 spiro atoms. The van der Waals surface area contributed by atoms with Crippen molar-refractivity contribution in [2.45, 2.75) is 26.8 Å². The first-order chi connectivity index (χ1) is 9.06. The van der Waals surface area contributed by atoms with Gasteiger partial charge in [-0.05, 0) is 19.6 Å². The summed E-state index contributed by atoms with van der Waals surface area (Å²) in [6.07, 6.45) is 0. The van der Waals surface area contributed by atoms with Crippen LogP contribution in [0.15, 0.2) is 18.2 Å². The summed E-state index contributed by atoms with van der Waals surface area (Å²) >= 11 is 1.83. The molecule has 1 atom stereocenters. The molecule has 1 aromatic carbocycles. The number of nitro groups is 1. The number of rotatable bonds is 8. The first kappa shape index (κ1) is 15.6. The van der Waals surface area contributed by atoms with Crippen LogP contribution < -0.4 is 10.1 Å². The van der Waals surface area contributed by atoms with Crippen LogP contribution in [0, 0.1) is 10.1 Å². The van der Waals surface area contributed by atoms with E-state index in [1.165, 1.54) is 12.1 Å². The second kappa shape index (κ2) is 7.89. The highest BCUT2D eigenvalue weighted by atomic mass is 32.2. The van der Waals surface area contributed by atoms with Gasteiger partial charge in [0.25, 0.3) is 5.69 Å². The van der Waals surface area contributed by atoms with Gasteiger partial charge in [0, 0.05) is 29.6 Å². The van der Waals surface area contributed by atoms with Crippen molar-refractivity contribution < 1.29 is 9.66 Å². The minimum Gasteiger partial charge on any atom is -0.494 e. The van der Waals surface area contributed by atoms with Gasteiger partial charge >= 0.3 is 0 Å². The zero-order valence-corrected chi connectivity index (χ0v) is 12.3. The summed E-state index contributed by atoms with van der Waals surface area (Å²) in [6.45, 7) is 6.51. The number of anilines is 1. The molecule has 0 fully saturated rings. The number of benzene rings is 1. The Bertz CT molecular complexity index is 426. The number of thioether (sulfide) groups is 1. The highest BCUT2D eigenvalue weighted by Gasteiger charge is 2.12. The van der Waals surface area contributed by atoms with Crippen molar-refractivity contribution in [2.75, 3.05) is 23.4 Å². The number of nitrogens with one attached hydrogen (secondary N) is 1. The fourth-order valence-electron chi connectivity index (χ4n) is 1.64. The molecular weight excluding hydrogens is 264 g/mol. The molecule has 0 aliphatic rings. The Hall–Kier alpha value is -1.43. The number of nitrogens with zero attached hydrogens (tertiary/aromatic N) is 1. The van der Waals surface area contributed by atoms with Crippen LogP contribution in [0.5, 0.6) is 5.75 Å². The lowest BCUT2D eigenvalue weighted by Gasteiger charge is -2.15. The van der Waals surface area contributed by atoms with Crippen LogP contribution in [0.3, 0.4) is 0 Å². The molecule has 1 unspecified atom stereocenters. The highest BCUT2D eigenvalue weighted by Crippen LogP contribution is 2.26. The zero-order chi connectivity index (χ0) is 14.3. The molecule has 0 heterocycles. The van der Waals surface area contributed by atoms with Crippen molar-refractivity contribution >= 4 is 23.1 Å². The van der Waals surface area contributed by atoms with Gasteiger partial charge in [0.2, 0.25) is 0 Å². The SMILES string of the molecule is CCOc1cc(NC(C)CSCC)cc([N+](=O)[O-])c1. The van der Waals surface area contributed by atoms with Crippen LogP contribution in [0.2, 0.25) is 0 Å². The van der Waals surface area contributed by atoms with E-state index in [-0.39, 0.29) is 11.7 Å². The first-order valence-corrected chi connectivity index (χ1v) is 7.48. The van der Waals surface area contributed by atoms with Crippen molar-refractivity contribution in [1.29, 1.82) is 0 Å². The summed E-state index contributed by atoms with van der Waals surface area (Å²) < 4.78 is 5.35. The zero-order valence-electron chi connectivity index (χ0n) is 11.5. The Morgan fingerprint density at radius 2 is 2.16 bits per heavy atom. The number of hydrogen-bond donors (Lipinski definition) is 1. The summed E-state index contributed by atoms with van der Waals surface area (Å²) in [7, 11) is 0. The van der Waals surface area contributed by atoms with Gasteiger partial charge in [-0.25, -0.2) is 0 Å². The Kier molecular flexibility index (Phi) is 6.49. The Balaban J connectivity index is 2.83. The maximum Gasteiger partial charge on any atom is 0.275 e. The minimum atomic E-state index is -0.404. The van der Waals surface area contributed by atoms with E-state index in [2.05, 4.69) is 19.2 Å². The molecule has 19 heavy (non-hydrogen) atoms. The third kappa shape index (κ3) is 5.38. The van der Waals surface area contributed by atoms with Gasteiger partial charge in [0.05, 0.1) is 17.6 Å². The van der Waals surface area contributed by atoms with Crippen LogP contribution in [-0.4, -0.2) is 29.1 Å². The van der Waals surface area contributed by atoms with Crippen LogP contribution in [0.4, 0.5) is 11.4 Å². The molecule has 1 N–H and O–H groups in total. The number of non-ortho nitro benzene ring substituents is 1. The van der Waals surface area contributed by atoms with E-state index in [1.54, 1.807) is 6.07 Å². The molecule has 0 saturated carbocycles. The lowest BCUT2D eigenvalue weighted by atomic mass is 10.2. The monoisotopic (exact) mass is 284 g/mol. The van der Waals surface area contributed by atoms with Crippen LogP contribution in [-0.2, 0) is 0 Å². The predicted octanol–water partition coefficient (Wildman–Crippen LogP) is 3.55. The summed E-state index contributed by atoms with van der Waals surface area (Å²) in [5.74, 6) is 2.54. The molecular formula is C13H20N2O3S. The van der Waals surface area contributed by atoms with Gasteiger partial charge < -0.3 is 10.1 Å². The minimum absolute atomic E-state index is 0.0452. The van der Waals surface area contributed by atoms with Crippen molar-refractivity contribution in [1.82, 2.24) is 0 Å². The van der Waals surface area contributed by atoms with Gasteiger partial charge in [-0.2, -0.15) is 11.8 Å². The Morgan fingerprint density at radius 1 is 1.42 bits per heavy atom. The lowest BCUT2D eigenvalue weighted by Crippen LogP contribution is -2.18. The molecule has 0 aliphatic heterocycles. The summed E-state index contributed by atoms with van der Waals surface area (Å²) in [5, 5.41) is 14.2. The fourth-order valence-corrected chi connectivity index (χ4v) is 2.32. The maximum absolute atomic E-state index is 10.9. The molecule has 1 rings (SSSR count). The number of nitro benzene ring substituents is 1. The molecule has 0 radical (unpaired) electrons. The van der Waals surface area contributed by atoms with Crippen LogP contribution in [0.1, 0.15) is 20.8 Å². The quantitative estimate of drug-likeness (QED) is 0.584. The molecule has 0 aromatic heterocycles. The van der Waals surface area contributed by atoms with E-state index in [4.69, 9.17) is 4.74 Å². The van der Waals surface area contributed by atoms with E-state index in [1.807, 2.05) is 18.7 Å². The summed E-state index contributed by atoms with van der Waals surface area (Å²) in [6, 6.07) is 5.03. The molecule has 6 heteroatoms. The average molecular weight is 284 g/mol. The average Bonchev–Trinajstić information content (AvgIpc) is 2.36. The smallest absolute Gasteiger partial charge is 0.275 e. The van der Waals surface area contributed by atoms with Crippen molar-refractivity contribution in [3.63, 3.8) is 0 Å². The standard InChI is InChI=1S/C13H20N2O3S/c1-4-18-13-7-11(6-12(8-13)15(16)17)14-10(3)9-19-5-2/h6-8,10,14H,4-5,9H2,1-3H3. The van der Waals surface area contributed by atoms with E-state index >= 15 is 0 Å². The van der Waals surface area contributed by atoms with Crippen LogP contribution in [0.25, 0.3) is 0 Å². The van der Waals surface area contributed by atoms with E-state index in [0.29, 0.717) is 12.4 Å². The van der Waals surface area contributed by atoms with Crippen molar-refractivity contribution in [3.05, 3.63) is 28.3 Å². The van der Waals surface area contributed by atoms with Crippen LogP contribution >= 0.6 is 11.8 Å². The fraction of sp³-hybridized carbons (Fsp3) is 0.538. The van der Waals surface area contributed by atoms with Gasteiger partial charge in [-0.3, -0.25) is 10.1 Å². The summed E-state index contributed by atoms with van der Waals surface area (Å²) in [4.78, 5) is 10.5. The molecule has 0 bridgehead atoms. The van der Waals surface area contributed by atoms with E-state index in [9.17, 15) is 10.1 Å². The van der Waals surface area contributed by atoms with E-state index in [0.717, 1.165) is 17.2 Å². The van der Waals surface area contributed by atoms with Gasteiger partial charge in [0.1, 0.15) is 5.75 Å². The largest absolute Gasteiger partial charge is 0.494 e. The Morgan fingerprint density at radius 3 is 2.74 bits per heavy atom. The molecule has 0 amide bonds. The number of ether oxygens (including phenoxy) is 1. The number of hydrogen-bond acceptors (Lipinski definition) is 5. The van der Waals surface area contributed by atoms with Gasteiger partial charge in [-0.1, -0.05) is 6.92 Å². The van der Waals surface area contributed by atoms with Gasteiger partial charge in [-0.15, -0.1) is 0 Å². The van der Waals surface area contributed by atoms with Crippen molar-refractivity contribution in [2.24, 2.45) is 0 Å². The molecule has 106 valence electrons. The third-order valence-electron chi connectivity index (χ3n) is 2.40. The predicted molar refractivity (Wildman–Crippen MR) is 80.3 cm³/mol. The van der Waals surface area contributed by atoms with Gasteiger partial charge in [0.15, 0.2) is 0 Å². The van der Waals surface area contributed by atoms with Crippen molar-refractivity contribution in [3.8, 4) is 5.75 Å². The second-order valence-electron chi connectivity index (χ2n) is 4.11. The topological polar surface area (TPSA) is 64.4 Å². The van der Waals surface area contributed by atoms with E-state index < -0.39 is 4.92 Å². The molecule has 5 nitrogen and oxygen atoms in total. The Labute approximate surface area is 117 Å². The normalized spacial score (nSPS) is 11.9. The maximum atomic E-state index is 10.9. The third-order valence-corrected chi connectivity index (χ3v) is 3.54. The molecule has 1 aromatic rings. The second-order valence-corrected chi connectivity index (χ2v) is 5.43. The first-order valence-electron chi connectivity index (χ1n) is 6.33.